The molecule has 0 spiro atoms. The smallest absolute Gasteiger partial charge is 0.224 e. The molecule has 0 aliphatic carbocycles. The summed E-state index contributed by atoms with van der Waals surface area (Å²) in [5.74, 6) is 0.511. The van der Waals surface area contributed by atoms with E-state index >= 15 is 0 Å². The molecule has 0 aliphatic rings. The first-order valence-corrected chi connectivity index (χ1v) is 5.52. The van der Waals surface area contributed by atoms with E-state index in [0.717, 1.165) is 5.69 Å². The summed E-state index contributed by atoms with van der Waals surface area (Å²) in [6.07, 6.45) is 0. The van der Waals surface area contributed by atoms with E-state index in [1.54, 1.807) is 6.07 Å². The van der Waals surface area contributed by atoms with Crippen molar-refractivity contribution >= 4 is 5.95 Å². The molecule has 0 unspecified atom stereocenters. The van der Waals surface area contributed by atoms with Gasteiger partial charge in [0.05, 0.1) is 0 Å². The number of rotatable bonds is 4. The third-order valence-corrected chi connectivity index (χ3v) is 2.86. The van der Waals surface area contributed by atoms with Gasteiger partial charge in [-0.3, -0.25) is 0 Å². The Labute approximate surface area is 102 Å². The van der Waals surface area contributed by atoms with Crippen LogP contribution in [0.3, 0.4) is 0 Å². The lowest BCUT2D eigenvalue weighted by Crippen LogP contribution is -2.44. The summed E-state index contributed by atoms with van der Waals surface area (Å²) in [6, 6.07) is 3.70. The van der Waals surface area contributed by atoms with Crippen LogP contribution in [0.15, 0.2) is 6.07 Å². The Morgan fingerprint density at radius 3 is 2.59 bits per heavy atom. The van der Waals surface area contributed by atoms with Crippen LogP contribution in [0.2, 0.25) is 0 Å². The van der Waals surface area contributed by atoms with Gasteiger partial charge >= 0.3 is 0 Å². The van der Waals surface area contributed by atoms with E-state index in [-0.39, 0.29) is 5.54 Å². The van der Waals surface area contributed by atoms with E-state index in [1.807, 2.05) is 27.1 Å². The van der Waals surface area contributed by atoms with Gasteiger partial charge in [0.15, 0.2) is 0 Å². The van der Waals surface area contributed by atoms with Crippen LogP contribution in [0.4, 0.5) is 5.95 Å². The van der Waals surface area contributed by atoms with Crippen molar-refractivity contribution in [2.45, 2.75) is 26.3 Å². The van der Waals surface area contributed by atoms with Gasteiger partial charge in [0.25, 0.3) is 0 Å². The molecule has 0 bridgehead atoms. The first-order chi connectivity index (χ1) is 7.85. The van der Waals surface area contributed by atoms with Crippen LogP contribution in [0.1, 0.15) is 25.2 Å². The minimum atomic E-state index is -0.0000866. The molecule has 5 heteroatoms. The van der Waals surface area contributed by atoms with E-state index in [0.29, 0.717) is 18.2 Å². The Balaban J connectivity index is 2.77. The fourth-order valence-corrected chi connectivity index (χ4v) is 1.16. The summed E-state index contributed by atoms with van der Waals surface area (Å²) in [5, 5.41) is 12.0. The number of nitriles is 1. The highest BCUT2D eigenvalue weighted by molar-refractivity contribution is 5.33. The highest BCUT2D eigenvalue weighted by Crippen LogP contribution is 2.11. The third kappa shape index (κ3) is 3.68. The van der Waals surface area contributed by atoms with Gasteiger partial charge in [-0.25, -0.2) is 9.97 Å². The Bertz CT molecular complexity index is 431. The molecule has 1 N–H and O–H groups in total. The molecule has 92 valence electrons. The number of aromatic nitrogens is 2. The first kappa shape index (κ1) is 13.4. The number of likely N-dealkylation sites (N-methyl/N-ethyl adjacent to an activating group) is 1. The lowest BCUT2D eigenvalue weighted by molar-refractivity contribution is 0.209. The summed E-state index contributed by atoms with van der Waals surface area (Å²) >= 11 is 0. The van der Waals surface area contributed by atoms with Gasteiger partial charge in [0.1, 0.15) is 11.8 Å². The first-order valence-electron chi connectivity index (χ1n) is 5.52. The topological polar surface area (TPSA) is 64.8 Å². The van der Waals surface area contributed by atoms with Gasteiger partial charge in [-0.2, -0.15) is 5.26 Å². The summed E-state index contributed by atoms with van der Waals surface area (Å²) in [4.78, 5) is 10.5. The molecule has 0 fully saturated rings. The lowest BCUT2D eigenvalue weighted by atomic mass is 10.1. The predicted molar refractivity (Wildman–Crippen MR) is 67.7 cm³/mol. The number of anilines is 1. The molecule has 1 aromatic rings. The van der Waals surface area contributed by atoms with E-state index in [2.05, 4.69) is 34.0 Å². The molecule has 17 heavy (non-hydrogen) atoms. The standard InChI is InChI=1S/C12H19N5/c1-9-6-10(7-13)16-11(15-9)14-8-12(2,3)17(4)5/h6H,8H2,1-5H3,(H,14,15,16). The van der Waals surface area contributed by atoms with Crippen LogP contribution in [0.25, 0.3) is 0 Å². The van der Waals surface area contributed by atoms with Crippen LogP contribution in [-0.4, -0.2) is 41.0 Å². The zero-order valence-corrected chi connectivity index (χ0v) is 11.1. The average molecular weight is 233 g/mol. The van der Waals surface area contributed by atoms with Crippen molar-refractivity contribution in [3.8, 4) is 6.07 Å². The molecule has 0 saturated heterocycles. The molecule has 0 radical (unpaired) electrons. The third-order valence-electron chi connectivity index (χ3n) is 2.86. The van der Waals surface area contributed by atoms with E-state index < -0.39 is 0 Å². The zero-order chi connectivity index (χ0) is 13.1. The molecule has 0 atom stereocenters. The number of aryl methyl sites for hydroxylation is 1. The number of nitrogens with zero attached hydrogens (tertiary/aromatic N) is 4. The molecule has 1 heterocycles. The van der Waals surface area contributed by atoms with Crippen molar-refractivity contribution in [1.82, 2.24) is 14.9 Å². The van der Waals surface area contributed by atoms with E-state index in [4.69, 9.17) is 5.26 Å². The quantitative estimate of drug-likeness (QED) is 0.851. The fraction of sp³-hybridized carbons (Fsp3) is 0.583. The van der Waals surface area contributed by atoms with Gasteiger partial charge in [-0.15, -0.1) is 0 Å². The molecule has 0 aliphatic heterocycles. The molecule has 1 aromatic heterocycles. The molecule has 1 rings (SSSR count). The largest absolute Gasteiger partial charge is 0.352 e. The predicted octanol–water partition coefficient (Wildman–Crippen LogP) is 1.41. The van der Waals surface area contributed by atoms with Crippen LogP contribution in [0.5, 0.6) is 0 Å². The van der Waals surface area contributed by atoms with Crippen molar-refractivity contribution in [2.24, 2.45) is 0 Å². The van der Waals surface area contributed by atoms with Gasteiger partial charge in [0.2, 0.25) is 5.95 Å². The summed E-state index contributed by atoms with van der Waals surface area (Å²) < 4.78 is 0. The maximum atomic E-state index is 8.83. The number of hydrogen-bond donors (Lipinski definition) is 1. The lowest BCUT2D eigenvalue weighted by Gasteiger charge is -2.32. The number of hydrogen-bond acceptors (Lipinski definition) is 5. The second kappa shape index (κ2) is 5.11. The minimum absolute atomic E-state index is 0.0000866. The number of nitrogens with one attached hydrogen (secondary N) is 1. The summed E-state index contributed by atoms with van der Waals surface area (Å²) in [6.45, 7) is 6.82. The Kier molecular flexibility index (Phi) is 4.02. The van der Waals surface area contributed by atoms with Gasteiger partial charge in [-0.05, 0) is 40.9 Å². The van der Waals surface area contributed by atoms with Crippen LogP contribution in [-0.2, 0) is 0 Å². The normalized spacial score (nSPS) is 11.4. The molecular formula is C12H19N5. The molecule has 0 aromatic carbocycles. The SMILES string of the molecule is Cc1cc(C#N)nc(NCC(C)(C)N(C)C)n1. The van der Waals surface area contributed by atoms with E-state index in [1.165, 1.54) is 0 Å². The van der Waals surface area contributed by atoms with Gasteiger partial charge in [0, 0.05) is 17.8 Å². The molecular weight excluding hydrogens is 214 g/mol. The zero-order valence-electron chi connectivity index (χ0n) is 11.1. The maximum absolute atomic E-state index is 8.83. The van der Waals surface area contributed by atoms with Crippen molar-refractivity contribution in [1.29, 1.82) is 5.26 Å². The molecule has 0 amide bonds. The highest BCUT2D eigenvalue weighted by atomic mass is 15.2. The summed E-state index contributed by atoms with van der Waals surface area (Å²) in [7, 11) is 4.05. The second-order valence-corrected chi connectivity index (χ2v) is 4.89. The Morgan fingerprint density at radius 1 is 1.41 bits per heavy atom. The minimum Gasteiger partial charge on any atom is -0.352 e. The maximum Gasteiger partial charge on any atom is 0.224 e. The molecule has 0 saturated carbocycles. The Hall–Kier alpha value is -1.67. The summed E-state index contributed by atoms with van der Waals surface area (Å²) in [5.41, 5.74) is 1.18. The average Bonchev–Trinajstić information content (AvgIpc) is 2.25. The highest BCUT2D eigenvalue weighted by Gasteiger charge is 2.20. The van der Waals surface area contributed by atoms with Crippen molar-refractivity contribution < 1.29 is 0 Å². The molecule has 5 nitrogen and oxygen atoms in total. The van der Waals surface area contributed by atoms with Crippen LogP contribution >= 0.6 is 0 Å². The van der Waals surface area contributed by atoms with Gasteiger partial charge in [-0.1, -0.05) is 0 Å². The van der Waals surface area contributed by atoms with Crippen molar-refractivity contribution in [3.63, 3.8) is 0 Å². The van der Waals surface area contributed by atoms with Crippen LogP contribution < -0.4 is 5.32 Å². The van der Waals surface area contributed by atoms with Gasteiger partial charge < -0.3 is 10.2 Å². The monoisotopic (exact) mass is 233 g/mol. The second-order valence-electron chi connectivity index (χ2n) is 4.89. The van der Waals surface area contributed by atoms with Crippen molar-refractivity contribution in [3.05, 3.63) is 17.5 Å². The van der Waals surface area contributed by atoms with Crippen molar-refractivity contribution in [2.75, 3.05) is 26.0 Å². The van der Waals surface area contributed by atoms with E-state index in [9.17, 15) is 0 Å². The van der Waals surface area contributed by atoms with Crippen LogP contribution in [0, 0.1) is 18.3 Å². The Morgan fingerprint density at radius 2 is 2.06 bits per heavy atom. The fourth-order valence-electron chi connectivity index (χ4n) is 1.16.